The first-order chi connectivity index (χ1) is 9.60. The first kappa shape index (κ1) is 14.2. The number of ether oxygens (including phenoxy) is 1. The van der Waals surface area contributed by atoms with Crippen LogP contribution < -0.4 is 15.8 Å². The summed E-state index contributed by atoms with van der Waals surface area (Å²) in [6.45, 7) is 0. The van der Waals surface area contributed by atoms with Crippen molar-refractivity contribution in [3.05, 3.63) is 53.1 Å². The molecule has 0 bridgehead atoms. The normalized spacial score (nSPS) is 10.1. The van der Waals surface area contributed by atoms with Crippen molar-refractivity contribution < 1.29 is 9.53 Å². The molecule has 0 saturated carbocycles. The third-order valence-corrected chi connectivity index (χ3v) is 3.07. The molecule has 0 aliphatic carbocycles. The third-order valence-electron chi connectivity index (χ3n) is 2.83. The van der Waals surface area contributed by atoms with Gasteiger partial charge in [0, 0.05) is 10.6 Å². The summed E-state index contributed by atoms with van der Waals surface area (Å²) in [6.07, 6.45) is 0.204. The molecule has 3 N–H and O–H groups in total. The maximum Gasteiger partial charge on any atom is 0.228 e. The van der Waals surface area contributed by atoms with Crippen LogP contribution in [0.2, 0.25) is 5.02 Å². The number of nitrogens with two attached hydrogens (primary N) is 1. The zero-order valence-corrected chi connectivity index (χ0v) is 11.8. The van der Waals surface area contributed by atoms with E-state index in [2.05, 4.69) is 5.32 Å². The number of nitrogen functional groups attached to an aromatic ring is 1. The van der Waals surface area contributed by atoms with E-state index in [0.29, 0.717) is 22.1 Å². The molecule has 0 fully saturated rings. The molecule has 0 saturated heterocycles. The van der Waals surface area contributed by atoms with Crippen molar-refractivity contribution in [1.82, 2.24) is 0 Å². The number of carbonyl (C=O) groups is 1. The number of amides is 1. The van der Waals surface area contributed by atoms with Gasteiger partial charge in [0.25, 0.3) is 0 Å². The second kappa shape index (κ2) is 6.30. The van der Waals surface area contributed by atoms with E-state index in [1.807, 2.05) is 24.3 Å². The Morgan fingerprint density at radius 2 is 2.05 bits per heavy atom. The maximum atomic E-state index is 12.0. The molecular weight excluding hydrogens is 276 g/mol. The Morgan fingerprint density at radius 3 is 2.80 bits per heavy atom. The summed E-state index contributed by atoms with van der Waals surface area (Å²) in [6, 6.07) is 12.3. The molecule has 0 aliphatic rings. The molecule has 0 spiro atoms. The van der Waals surface area contributed by atoms with Crippen LogP contribution in [-0.4, -0.2) is 13.0 Å². The lowest BCUT2D eigenvalue weighted by atomic mass is 10.1. The van der Waals surface area contributed by atoms with Crippen LogP contribution in [0.1, 0.15) is 5.56 Å². The molecule has 0 aliphatic heterocycles. The topological polar surface area (TPSA) is 64.3 Å². The van der Waals surface area contributed by atoms with Crippen molar-refractivity contribution in [2.24, 2.45) is 0 Å². The van der Waals surface area contributed by atoms with E-state index in [1.165, 1.54) is 0 Å². The predicted molar refractivity (Wildman–Crippen MR) is 81.2 cm³/mol. The van der Waals surface area contributed by atoms with Gasteiger partial charge in [-0.1, -0.05) is 29.8 Å². The van der Waals surface area contributed by atoms with Crippen molar-refractivity contribution >= 4 is 28.9 Å². The minimum atomic E-state index is -0.177. The van der Waals surface area contributed by atoms with Crippen LogP contribution in [-0.2, 0) is 11.2 Å². The Bertz CT molecular complexity index is 629. The molecule has 4 nitrogen and oxygen atoms in total. The number of para-hydroxylation sites is 1. The van der Waals surface area contributed by atoms with Crippen LogP contribution in [0, 0.1) is 0 Å². The second-order valence-electron chi connectivity index (χ2n) is 4.27. The van der Waals surface area contributed by atoms with Gasteiger partial charge < -0.3 is 15.8 Å². The molecule has 104 valence electrons. The zero-order chi connectivity index (χ0) is 14.5. The lowest BCUT2D eigenvalue weighted by Gasteiger charge is -2.10. The van der Waals surface area contributed by atoms with Gasteiger partial charge in [0.15, 0.2) is 0 Å². The van der Waals surface area contributed by atoms with Gasteiger partial charge in [-0.2, -0.15) is 0 Å². The number of hydrogen-bond acceptors (Lipinski definition) is 3. The summed E-state index contributed by atoms with van der Waals surface area (Å²) in [5.74, 6) is 0.505. The number of benzene rings is 2. The van der Waals surface area contributed by atoms with Gasteiger partial charge in [-0.3, -0.25) is 4.79 Å². The minimum absolute atomic E-state index is 0.177. The van der Waals surface area contributed by atoms with Gasteiger partial charge >= 0.3 is 0 Å². The Labute approximate surface area is 122 Å². The molecule has 0 radical (unpaired) electrons. The van der Waals surface area contributed by atoms with E-state index in [9.17, 15) is 4.79 Å². The van der Waals surface area contributed by atoms with Crippen LogP contribution in [0.15, 0.2) is 42.5 Å². The summed E-state index contributed by atoms with van der Waals surface area (Å²) in [5.41, 5.74) is 7.59. The van der Waals surface area contributed by atoms with Gasteiger partial charge in [0.1, 0.15) is 5.75 Å². The molecule has 2 aromatic carbocycles. The molecule has 1 amide bonds. The van der Waals surface area contributed by atoms with E-state index >= 15 is 0 Å². The number of carbonyl (C=O) groups excluding carboxylic acids is 1. The third kappa shape index (κ3) is 3.42. The van der Waals surface area contributed by atoms with Gasteiger partial charge in [-0.25, -0.2) is 0 Å². The highest BCUT2D eigenvalue weighted by Gasteiger charge is 2.10. The molecule has 5 heteroatoms. The summed E-state index contributed by atoms with van der Waals surface area (Å²) in [4.78, 5) is 12.0. The predicted octanol–water partition coefficient (Wildman–Crippen LogP) is 3.11. The van der Waals surface area contributed by atoms with E-state index in [1.54, 1.807) is 25.3 Å². The van der Waals surface area contributed by atoms with E-state index in [0.717, 1.165) is 5.56 Å². The average molecular weight is 291 g/mol. The Kier molecular flexibility index (Phi) is 4.48. The van der Waals surface area contributed by atoms with Crippen LogP contribution in [0.5, 0.6) is 5.75 Å². The first-order valence-corrected chi connectivity index (χ1v) is 6.44. The molecule has 0 heterocycles. The van der Waals surface area contributed by atoms with Crippen LogP contribution in [0.4, 0.5) is 11.4 Å². The molecular formula is C15H15ClN2O2. The molecule has 0 aromatic heterocycles. The minimum Gasteiger partial charge on any atom is -0.496 e. The van der Waals surface area contributed by atoms with Crippen LogP contribution in [0.25, 0.3) is 0 Å². The summed E-state index contributed by atoms with van der Waals surface area (Å²) in [7, 11) is 1.58. The maximum absolute atomic E-state index is 12.0. The van der Waals surface area contributed by atoms with Crippen molar-refractivity contribution in [2.75, 3.05) is 18.2 Å². The van der Waals surface area contributed by atoms with Gasteiger partial charge in [0.05, 0.1) is 24.9 Å². The standard InChI is InChI=1S/C15H15ClN2O2/c1-20-14-5-3-2-4-10(14)8-15(19)18-13-9-11(16)6-7-12(13)17/h2-7,9H,8,17H2,1H3,(H,18,19). The Morgan fingerprint density at radius 1 is 1.30 bits per heavy atom. The Hall–Kier alpha value is -2.20. The number of nitrogens with one attached hydrogen (secondary N) is 1. The molecule has 2 rings (SSSR count). The number of rotatable bonds is 4. The zero-order valence-electron chi connectivity index (χ0n) is 11.0. The van der Waals surface area contributed by atoms with Gasteiger partial charge in [0.2, 0.25) is 5.91 Å². The van der Waals surface area contributed by atoms with Gasteiger partial charge in [-0.15, -0.1) is 0 Å². The SMILES string of the molecule is COc1ccccc1CC(=O)Nc1cc(Cl)ccc1N. The summed E-state index contributed by atoms with van der Waals surface area (Å²) < 4.78 is 5.21. The van der Waals surface area contributed by atoms with E-state index in [-0.39, 0.29) is 12.3 Å². The molecule has 0 atom stereocenters. The summed E-state index contributed by atoms with van der Waals surface area (Å²) in [5, 5.41) is 3.27. The fourth-order valence-electron chi connectivity index (χ4n) is 1.85. The lowest BCUT2D eigenvalue weighted by molar-refractivity contribution is -0.115. The Balaban J connectivity index is 2.11. The number of anilines is 2. The summed E-state index contributed by atoms with van der Waals surface area (Å²) >= 11 is 5.88. The van der Waals surface area contributed by atoms with Crippen molar-refractivity contribution in [2.45, 2.75) is 6.42 Å². The van der Waals surface area contributed by atoms with Crippen molar-refractivity contribution in [3.63, 3.8) is 0 Å². The van der Waals surface area contributed by atoms with Gasteiger partial charge in [-0.05, 0) is 24.3 Å². The second-order valence-corrected chi connectivity index (χ2v) is 4.70. The molecule has 2 aromatic rings. The molecule has 20 heavy (non-hydrogen) atoms. The number of methoxy groups -OCH3 is 1. The quantitative estimate of drug-likeness (QED) is 0.850. The van der Waals surface area contributed by atoms with Crippen LogP contribution in [0.3, 0.4) is 0 Å². The highest BCUT2D eigenvalue weighted by Crippen LogP contribution is 2.24. The van der Waals surface area contributed by atoms with E-state index < -0.39 is 0 Å². The van der Waals surface area contributed by atoms with Crippen LogP contribution >= 0.6 is 11.6 Å². The van der Waals surface area contributed by atoms with Crippen molar-refractivity contribution in [3.8, 4) is 5.75 Å². The largest absolute Gasteiger partial charge is 0.496 e. The average Bonchev–Trinajstić information content (AvgIpc) is 2.43. The highest BCUT2D eigenvalue weighted by molar-refractivity contribution is 6.31. The lowest BCUT2D eigenvalue weighted by Crippen LogP contribution is -2.16. The molecule has 0 unspecified atom stereocenters. The van der Waals surface area contributed by atoms with Crippen molar-refractivity contribution in [1.29, 1.82) is 0 Å². The fourth-order valence-corrected chi connectivity index (χ4v) is 2.03. The van der Waals surface area contributed by atoms with E-state index in [4.69, 9.17) is 22.1 Å². The first-order valence-electron chi connectivity index (χ1n) is 6.07. The highest BCUT2D eigenvalue weighted by atomic mass is 35.5. The fraction of sp³-hybridized carbons (Fsp3) is 0.133. The number of halogens is 1. The monoisotopic (exact) mass is 290 g/mol. The number of hydrogen-bond donors (Lipinski definition) is 2. The smallest absolute Gasteiger partial charge is 0.228 e.